The molecule has 0 amide bonds. The predicted octanol–water partition coefficient (Wildman–Crippen LogP) is 0.0305. The minimum Gasteiger partial charge on any atom is -0.395 e. The lowest BCUT2D eigenvalue weighted by Gasteiger charge is -2.35. The van der Waals surface area contributed by atoms with Crippen LogP contribution < -0.4 is 0 Å². The van der Waals surface area contributed by atoms with Gasteiger partial charge in [-0.3, -0.25) is 4.90 Å². The molecule has 2 atom stereocenters. The summed E-state index contributed by atoms with van der Waals surface area (Å²) in [6, 6.07) is 0.222. The summed E-state index contributed by atoms with van der Waals surface area (Å²) >= 11 is 0. The summed E-state index contributed by atoms with van der Waals surface area (Å²) in [6.07, 6.45) is 3.98. The standard InChI is InChI=1S/C8H15NO2/c1-9-7(5-10)3-2-4-8(9)6-11/h5,7-8,11H,2-4,6H2,1H3. The topological polar surface area (TPSA) is 40.5 Å². The fourth-order valence-corrected chi connectivity index (χ4v) is 1.62. The van der Waals surface area contributed by atoms with Crippen molar-refractivity contribution in [3.05, 3.63) is 0 Å². The highest BCUT2D eigenvalue weighted by atomic mass is 16.3. The third-order valence-corrected chi connectivity index (χ3v) is 2.50. The molecule has 3 heteroatoms. The lowest BCUT2D eigenvalue weighted by atomic mass is 9.98. The number of hydrogen-bond acceptors (Lipinski definition) is 3. The van der Waals surface area contributed by atoms with Crippen molar-refractivity contribution in [2.24, 2.45) is 0 Å². The Morgan fingerprint density at radius 3 is 2.91 bits per heavy atom. The summed E-state index contributed by atoms with van der Waals surface area (Å²) in [5.41, 5.74) is 0. The zero-order chi connectivity index (χ0) is 8.27. The SMILES string of the molecule is CN1C(C=O)CCCC1CO. The molecule has 1 saturated heterocycles. The minimum absolute atomic E-state index is 0.0286. The molecule has 0 saturated carbocycles. The Balaban J connectivity index is 2.51. The van der Waals surface area contributed by atoms with Crippen LogP contribution in [0, 0.1) is 0 Å². The molecular formula is C8H15NO2. The molecule has 1 heterocycles. The quantitative estimate of drug-likeness (QED) is 0.575. The number of aldehydes is 1. The van der Waals surface area contributed by atoms with Gasteiger partial charge in [-0.25, -0.2) is 0 Å². The maximum atomic E-state index is 10.5. The first-order chi connectivity index (χ1) is 5.29. The van der Waals surface area contributed by atoms with Gasteiger partial charge in [-0.1, -0.05) is 0 Å². The summed E-state index contributed by atoms with van der Waals surface area (Å²) in [4.78, 5) is 12.5. The fraction of sp³-hybridized carbons (Fsp3) is 0.875. The van der Waals surface area contributed by atoms with Crippen LogP contribution in [0.4, 0.5) is 0 Å². The zero-order valence-electron chi connectivity index (χ0n) is 6.86. The maximum Gasteiger partial charge on any atom is 0.137 e. The number of likely N-dealkylation sites (tertiary alicyclic amines) is 1. The van der Waals surface area contributed by atoms with Crippen molar-refractivity contribution in [3.8, 4) is 0 Å². The number of aliphatic hydroxyl groups is 1. The predicted molar refractivity (Wildman–Crippen MR) is 42.3 cm³/mol. The minimum atomic E-state index is 0.0286. The first-order valence-electron chi connectivity index (χ1n) is 4.07. The number of nitrogens with zero attached hydrogens (tertiary/aromatic N) is 1. The van der Waals surface area contributed by atoms with E-state index >= 15 is 0 Å². The Hall–Kier alpha value is -0.410. The summed E-state index contributed by atoms with van der Waals surface area (Å²) in [6.45, 7) is 0.167. The van der Waals surface area contributed by atoms with Crippen LogP contribution in [-0.2, 0) is 4.79 Å². The second-order valence-electron chi connectivity index (χ2n) is 3.14. The van der Waals surface area contributed by atoms with Crippen LogP contribution in [0.5, 0.6) is 0 Å². The summed E-state index contributed by atoms with van der Waals surface area (Å²) in [5, 5.41) is 8.92. The van der Waals surface area contributed by atoms with Crippen molar-refractivity contribution >= 4 is 6.29 Å². The highest BCUT2D eigenvalue weighted by molar-refractivity contribution is 5.57. The van der Waals surface area contributed by atoms with Gasteiger partial charge in [0.1, 0.15) is 6.29 Å². The van der Waals surface area contributed by atoms with E-state index in [4.69, 9.17) is 5.11 Å². The van der Waals surface area contributed by atoms with Crippen LogP contribution >= 0.6 is 0 Å². The molecule has 3 nitrogen and oxygen atoms in total. The molecule has 2 unspecified atom stereocenters. The van der Waals surface area contributed by atoms with Gasteiger partial charge in [0.15, 0.2) is 0 Å². The largest absolute Gasteiger partial charge is 0.395 e. The number of carbonyl (C=O) groups is 1. The molecule has 1 aliphatic rings. The molecule has 0 radical (unpaired) electrons. The monoisotopic (exact) mass is 157 g/mol. The number of rotatable bonds is 2. The zero-order valence-corrected chi connectivity index (χ0v) is 6.86. The van der Waals surface area contributed by atoms with E-state index in [2.05, 4.69) is 0 Å². The van der Waals surface area contributed by atoms with Crippen molar-refractivity contribution in [3.63, 3.8) is 0 Å². The molecule has 0 spiro atoms. The van der Waals surface area contributed by atoms with Crippen LogP contribution in [0.25, 0.3) is 0 Å². The van der Waals surface area contributed by atoms with E-state index in [1.165, 1.54) is 0 Å². The summed E-state index contributed by atoms with van der Waals surface area (Å²) in [5.74, 6) is 0. The van der Waals surface area contributed by atoms with Gasteiger partial charge in [0, 0.05) is 6.04 Å². The molecule has 64 valence electrons. The molecular weight excluding hydrogens is 142 g/mol. The Bertz CT molecular complexity index is 138. The molecule has 0 aromatic rings. The number of likely N-dealkylation sites (N-methyl/N-ethyl adjacent to an activating group) is 1. The molecule has 1 rings (SSSR count). The molecule has 0 aliphatic carbocycles. The average molecular weight is 157 g/mol. The highest BCUT2D eigenvalue weighted by Crippen LogP contribution is 2.19. The van der Waals surface area contributed by atoms with Gasteiger partial charge in [-0.2, -0.15) is 0 Å². The van der Waals surface area contributed by atoms with Gasteiger partial charge in [0.05, 0.1) is 12.6 Å². The van der Waals surface area contributed by atoms with Crippen LogP contribution in [0.15, 0.2) is 0 Å². The fourth-order valence-electron chi connectivity index (χ4n) is 1.62. The van der Waals surface area contributed by atoms with Gasteiger partial charge in [0.2, 0.25) is 0 Å². The van der Waals surface area contributed by atoms with Gasteiger partial charge >= 0.3 is 0 Å². The number of carbonyl (C=O) groups excluding carboxylic acids is 1. The lowest BCUT2D eigenvalue weighted by Crippen LogP contribution is -2.46. The van der Waals surface area contributed by atoms with Gasteiger partial charge < -0.3 is 9.90 Å². The molecule has 1 aliphatic heterocycles. The van der Waals surface area contributed by atoms with Crippen molar-refractivity contribution in [2.45, 2.75) is 31.3 Å². The third kappa shape index (κ3) is 1.79. The summed E-state index contributed by atoms with van der Waals surface area (Å²) in [7, 11) is 1.90. The Kier molecular flexibility index (Phi) is 3.02. The van der Waals surface area contributed by atoms with Crippen LogP contribution in [0.2, 0.25) is 0 Å². The van der Waals surface area contributed by atoms with E-state index < -0.39 is 0 Å². The number of piperidine rings is 1. The molecule has 11 heavy (non-hydrogen) atoms. The van der Waals surface area contributed by atoms with Crippen molar-refractivity contribution in [1.29, 1.82) is 0 Å². The van der Waals surface area contributed by atoms with Crippen molar-refractivity contribution in [2.75, 3.05) is 13.7 Å². The summed E-state index contributed by atoms with van der Waals surface area (Å²) < 4.78 is 0. The van der Waals surface area contributed by atoms with E-state index in [-0.39, 0.29) is 18.7 Å². The Morgan fingerprint density at radius 1 is 1.64 bits per heavy atom. The smallest absolute Gasteiger partial charge is 0.137 e. The lowest BCUT2D eigenvalue weighted by molar-refractivity contribution is -0.114. The van der Waals surface area contributed by atoms with Crippen LogP contribution in [0.1, 0.15) is 19.3 Å². The average Bonchev–Trinajstić information content (AvgIpc) is 2.05. The van der Waals surface area contributed by atoms with E-state index in [0.717, 1.165) is 25.5 Å². The van der Waals surface area contributed by atoms with E-state index in [0.29, 0.717) is 0 Å². The maximum absolute atomic E-state index is 10.5. The van der Waals surface area contributed by atoms with Gasteiger partial charge in [0.25, 0.3) is 0 Å². The van der Waals surface area contributed by atoms with Crippen molar-refractivity contribution in [1.82, 2.24) is 4.90 Å². The Labute approximate surface area is 67.0 Å². The third-order valence-electron chi connectivity index (χ3n) is 2.50. The van der Waals surface area contributed by atoms with Gasteiger partial charge in [-0.15, -0.1) is 0 Å². The second kappa shape index (κ2) is 3.83. The van der Waals surface area contributed by atoms with E-state index in [1.54, 1.807) is 0 Å². The number of hydrogen-bond donors (Lipinski definition) is 1. The van der Waals surface area contributed by atoms with Gasteiger partial charge in [-0.05, 0) is 26.3 Å². The number of aliphatic hydroxyl groups excluding tert-OH is 1. The molecule has 0 bridgehead atoms. The molecule has 0 aromatic heterocycles. The Morgan fingerprint density at radius 2 is 2.36 bits per heavy atom. The first-order valence-corrected chi connectivity index (χ1v) is 4.07. The second-order valence-corrected chi connectivity index (χ2v) is 3.14. The van der Waals surface area contributed by atoms with Crippen molar-refractivity contribution < 1.29 is 9.90 Å². The van der Waals surface area contributed by atoms with E-state index in [9.17, 15) is 4.79 Å². The molecule has 0 aromatic carbocycles. The normalized spacial score (nSPS) is 33.6. The highest BCUT2D eigenvalue weighted by Gasteiger charge is 2.25. The van der Waals surface area contributed by atoms with Crippen LogP contribution in [0.3, 0.4) is 0 Å². The van der Waals surface area contributed by atoms with Crippen LogP contribution in [-0.4, -0.2) is 42.0 Å². The molecule has 1 fully saturated rings. The van der Waals surface area contributed by atoms with E-state index in [1.807, 2.05) is 11.9 Å². The molecule has 1 N–H and O–H groups in total. The first kappa shape index (κ1) is 8.68.